The van der Waals surface area contributed by atoms with Gasteiger partial charge in [-0.15, -0.1) is 0 Å². The van der Waals surface area contributed by atoms with E-state index in [1.165, 1.54) is 0 Å². The maximum absolute atomic E-state index is 12.4. The number of carbonyl (C=O) groups excluding carboxylic acids is 3. The van der Waals surface area contributed by atoms with E-state index in [1.807, 2.05) is 19.9 Å². The molecule has 0 bridgehead atoms. The van der Waals surface area contributed by atoms with Crippen molar-refractivity contribution in [2.45, 2.75) is 45.6 Å². The van der Waals surface area contributed by atoms with Crippen molar-refractivity contribution in [3.63, 3.8) is 0 Å². The fraction of sp³-hybridized carbons (Fsp3) is 0.471. The highest BCUT2D eigenvalue weighted by Gasteiger charge is 2.32. The van der Waals surface area contributed by atoms with Gasteiger partial charge in [-0.05, 0) is 44.7 Å². The second-order valence-electron chi connectivity index (χ2n) is 6.12. The minimum Gasteiger partial charge on any atom is -0.368 e. The van der Waals surface area contributed by atoms with Gasteiger partial charge >= 0.3 is 0 Å². The number of Topliss-reactive ketones (excluding diaryl/α,β-unsaturated/α-hetero) is 1. The van der Waals surface area contributed by atoms with Crippen LogP contribution < -0.4 is 11.1 Å². The molecule has 0 heterocycles. The van der Waals surface area contributed by atoms with E-state index in [2.05, 4.69) is 5.32 Å². The van der Waals surface area contributed by atoms with Gasteiger partial charge in [-0.2, -0.15) is 0 Å². The minimum absolute atomic E-state index is 0.128. The van der Waals surface area contributed by atoms with Gasteiger partial charge in [-0.1, -0.05) is 17.2 Å². The van der Waals surface area contributed by atoms with Crippen LogP contribution in [-0.2, 0) is 9.59 Å². The summed E-state index contributed by atoms with van der Waals surface area (Å²) < 4.78 is 0. The molecule has 2 amide bonds. The molecule has 2 rings (SSSR count). The normalized spacial score (nSPS) is 19.5. The highest BCUT2D eigenvalue weighted by atomic mass is 16.2. The van der Waals surface area contributed by atoms with Crippen LogP contribution in [-0.4, -0.2) is 23.6 Å². The summed E-state index contributed by atoms with van der Waals surface area (Å²) in [6.07, 6.45) is 2.33. The Bertz CT molecular complexity index is 590. The second kappa shape index (κ2) is 6.73. The number of hydrogen-bond acceptors (Lipinski definition) is 3. The lowest BCUT2D eigenvalue weighted by molar-refractivity contribution is -0.124. The Balaban J connectivity index is 2.15. The predicted octanol–water partition coefficient (Wildman–Crippen LogP) is 1.65. The van der Waals surface area contributed by atoms with Crippen LogP contribution in [0, 0.1) is 19.8 Å². The van der Waals surface area contributed by atoms with Crippen molar-refractivity contribution >= 4 is 17.6 Å². The average molecular weight is 302 g/mol. The van der Waals surface area contributed by atoms with Crippen molar-refractivity contribution in [1.82, 2.24) is 5.32 Å². The topological polar surface area (TPSA) is 89.3 Å². The van der Waals surface area contributed by atoms with Gasteiger partial charge in [-0.3, -0.25) is 14.4 Å². The van der Waals surface area contributed by atoms with Crippen molar-refractivity contribution in [3.8, 4) is 0 Å². The first kappa shape index (κ1) is 16.2. The van der Waals surface area contributed by atoms with E-state index in [-0.39, 0.29) is 17.6 Å². The lowest BCUT2D eigenvalue weighted by Gasteiger charge is -2.28. The second-order valence-corrected chi connectivity index (χ2v) is 6.12. The van der Waals surface area contributed by atoms with Gasteiger partial charge in [0.15, 0.2) is 0 Å². The van der Waals surface area contributed by atoms with E-state index in [9.17, 15) is 14.4 Å². The summed E-state index contributed by atoms with van der Waals surface area (Å²) in [5, 5.41) is 2.71. The van der Waals surface area contributed by atoms with Crippen LogP contribution in [0.3, 0.4) is 0 Å². The molecule has 1 aliphatic carbocycles. The van der Waals surface area contributed by atoms with Crippen LogP contribution in [0.4, 0.5) is 0 Å². The monoisotopic (exact) mass is 302 g/mol. The molecule has 0 radical (unpaired) electrons. The van der Waals surface area contributed by atoms with Crippen LogP contribution in [0.25, 0.3) is 0 Å². The van der Waals surface area contributed by atoms with E-state index < -0.39 is 11.9 Å². The SMILES string of the molecule is Cc1cc(C)cc(C(=O)N[C@@H](C(N)=O)[C@@H]2CCCC(=O)C2)c1. The fourth-order valence-corrected chi connectivity index (χ4v) is 3.09. The van der Waals surface area contributed by atoms with Crippen LogP contribution >= 0.6 is 0 Å². The van der Waals surface area contributed by atoms with Crippen molar-refractivity contribution in [2.75, 3.05) is 0 Å². The maximum atomic E-state index is 12.4. The van der Waals surface area contributed by atoms with E-state index >= 15 is 0 Å². The first-order valence-corrected chi connectivity index (χ1v) is 7.57. The molecule has 0 unspecified atom stereocenters. The van der Waals surface area contributed by atoms with Gasteiger partial charge < -0.3 is 11.1 Å². The molecule has 1 fully saturated rings. The molecule has 0 saturated heterocycles. The number of aryl methyl sites for hydroxylation is 2. The quantitative estimate of drug-likeness (QED) is 0.886. The van der Waals surface area contributed by atoms with E-state index in [0.29, 0.717) is 18.4 Å². The third kappa shape index (κ3) is 3.93. The zero-order valence-corrected chi connectivity index (χ0v) is 13.0. The van der Waals surface area contributed by atoms with Crippen LogP contribution in [0.5, 0.6) is 0 Å². The Labute approximate surface area is 130 Å². The summed E-state index contributed by atoms with van der Waals surface area (Å²) in [7, 11) is 0. The third-order valence-corrected chi connectivity index (χ3v) is 4.07. The van der Waals surface area contributed by atoms with Crippen molar-refractivity contribution in [2.24, 2.45) is 11.7 Å². The number of nitrogens with two attached hydrogens (primary N) is 1. The number of primary amides is 1. The van der Waals surface area contributed by atoms with Gasteiger partial charge in [0.05, 0.1) is 0 Å². The maximum Gasteiger partial charge on any atom is 0.251 e. The number of benzene rings is 1. The largest absolute Gasteiger partial charge is 0.368 e. The smallest absolute Gasteiger partial charge is 0.251 e. The summed E-state index contributed by atoms with van der Waals surface area (Å²) in [6.45, 7) is 3.82. The Morgan fingerprint density at radius 3 is 2.41 bits per heavy atom. The Morgan fingerprint density at radius 1 is 1.23 bits per heavy atom. The summed E-state index contributed by atoms with van der Waals surface area (Å²) in [5.41, 5.74) is 7.90. The van der Waals surface area contributed by atoms with Gasteiger partial charge in [0.1, 0.15) is 11.8 Å². The van der Waals surface area contributed by atoms with E-state index in [0.717, 1.165) is 24.0 Å². The molecule has 22 heavy (non-hydrogen) atoms. The summed E-state index contributed by atoms with van der Waals surface area (Å²) in [6, 6.07) is 4.72. The van der Waals surface area contributed by atoms with Gasteiger partial charge in [0, 0.05) is 18.4 Å². The Kier molecular flexibility index (Phi) is 4.96. The number of carbonyl (C=O) groups is 3. The molecule has 5 nitrogen and oxygen atoms in total. The van der Waals surface area contributed by atoms with Gasteiger partial charge in [0.2, 0.25) is 5.91 Å². The molecule has 0 aromatic heterocycles. The standard InChI is InChI=1S/C17H22N2O3/c1-10-6-11(2)8-13(7-10)17(22)19-15(16(18)21)12-4-3-5-14(20)9-12/h6-8,12,15H,3-5,9H2,1-2H3,(H2,18,21)(H,19,22)/t12-,15-/m1/s1. The first-order valence-electron chi connectivity index (χ1n) is 7.57. The van der Waals surface area contributed by atoms with Gasteiger partial charge in [0.25, 0.3) is 5.91 Å². The molecule has 3 N–H and O–H groups in total. The molecule has 2 atom stereocenters. The number of amides is 2. The summed E-state index contributed by atoms with van der Waals surface area (Å²) >= 11 is 0. The predicted molar refractivity (Wildman–Crippen MR) is 83.3 cm³/mol. The highest BCUT2D eigenvalue weighted by molar-refractivity contribution is 5.98. The highest BCUT2D eigenvalue weighted by Crippen LogP contribution is 2.24. The fourth-order valence-electron chi connectivity index (χ4n) is 3.09. The molecule has 1 aromatic carbocycles. The van der Waals surface area contributed by atoms with E-state index in [4.69, 9.17) is 5.73 Å². The average Bonchev–Trinajstić information content (AvgIpc) is 2.43. The minimum atomic E-state index is -0.794. The summed E-state index contributed by atoms with van der Waals surface area (Å²) in [4.78, 5) is 35.7. The van der Waals surface area contributed by atoms with Crippen molar-refractivity contribution in [1.29, 1.82) is 0 Å². The van der Waals surface area contributed by atoms with Crippen molar-refractivity contribution in [3.05, 3.63) is 34.9 Å². The molecular formula is C17H22N2O3. The van der Waals surface area contributed by atoms with Crippen LogP contribution in [0.15, 0.2) is 18.2 Å². The van der Waals surface area contributed by atoms with Crippen LogP contribution in [0.1, 0.15) is 47.2 Å². The zero-order chi connectivity index (χ0) is 16.3. The molecule has 1 saturated carbocycles. The van der Waals surface area contributed by atoms with E-state index in [1.54, 1.807) is 12.1 Å². The molecule has 118 valence electrons. The molecule has 0 aliphatic heterocycles. The Hall–Kier alpha value is -2.17. The van der Waals surface area contributed by atoms with Crippen molar-refractivity contribution < 1.29 is 14.4 Å². The molecule has 0 spiro atoms. The molecule has 1 aliphatic rings. The lowest BCUT2D eigenvalue weighted by atomic mass is 9.82. The number of hydrogen-bond donors (Lipinski definition) is 2. The number of ketones is 1. The molecule has 1 aromatic rings. The third-order valence-electron chi connectivity index (χ3n) is 4.07. The number of nitrogens with one attached hydrogen (secondary N) is 1. The summed E-state index contributed by atoms with van der Waals surface area (Å²) in [5.74, 6) is -0.984. The molecular weight excluding hydrogens is 280 g/mol. The van der Waals surface area contributed by atoms with Crippen LogP contribution in [0.2, 0.25) is 0 Å². The number of rotatable bonds is 4. The Morgan fingerprint density at radius 2 is 1.86 bits per heavy atom. The van der Waals surface area contributed by atoms with Gasteiger partial charge in [-0.25, -0.2) is 0 Å². The zero-order valence-electron chi connectivity index (χ0n) is 13.0. The first-order chi connectivity index (χ1) is 10.4. The lowest BCUT2D eigenvalue weighted by Crippen LogP contribution is -2.50. The molecule has 5 heteroatoms.